The molecule has 0 spiro atoms. The van der Waals surface area contributed by atoms with Gasteiger partial charge < -0.3 is 14.8 Å². The van der Waals surface area contributed by atoms with Gasteiger partial charge in [-0.05, 0) is 73.7 Å². The summed E-state index contributed by atoms with van der Waals surface area (Å²) < 4.78 is 11.7. The van der Waals surface area contributed by atoms with Gasteiger partial charge in [0.2, 0.25) is 5.91 Å². The monoisotopic (exact) mass is 467 g/mol. The molecule has 1 heterocycles. The number of ketones is 1. The number of allylic oxidation sites excluding steroid dienone is 2. The highest BCUT2D eigenvalue weighted by molar-refractivity contribution is 6.02. The summed E-state index contributed by atoms with van der Waals surface area (Å²) in [6.07, 6.45) is 1.42. The maximum absolute atomic E-state index is 13.4. The first-order valence-corrected chi connectivity index (χ1v) is 12.1. The molecular weight excluding hydrogens is 438 g/mol. The lowest BCUT2D eigenvalue weighted by Crippen LogP contribution is -2.38. The number of para-hydroxylation sites is 1. The molecule has 5 heteroatoms. The van der Waals surface area contributed by atoms with Crippen LogP contribution >= 0.6 is 0 Å². The van der Waals surface area contributed by atoms with Gasteiger partial charge in [0, 0.05) is 30.0 Å². The fraction of sp³-hybridized carbons (Fsp3) is 0.267. The van der Waals surface area contributed by atoms with Gasteiger partial charge in [0.05, 0.1) is 6.10 Å². The number of hydrogen-bond acceptors (Lipinski definition) is 4. The van der Waals surface area contributed by atoms with Crippen LogP contribution in [0.15, 0.2) is 90.1 Å². The third-order valence-electron chi connectivity index (χ3n) is 6.50. The van der Waals surface area contributed by atoms with Crippen LogP contribution in [0.5, 0.6) is 17.2 Å². The lowest BCUT2D eigenvalue weighted by Gasteiger charge is -2.34. The summed E-state index contributed by atoms with van der Waals surface area (Å²) in [4.78, 5) is 26.1. The van der Waals surface area contributed by atoms with Crippen LogP contribution < -0.4 is 14.8 Å². The number of hydrogen-bond donors (Lipinski definition) is 1. The Morgan fingerprint density at radius 1 is 0.771 bits per heavy atom. The van der Waals surface area contributed by atoms with Crippen molar-refractivity contribution in [2.45, 2.75) is 51.0 Å². The molecule has 0 radical (unpaired) electrons. The Morgan fingerprint density at radius 3 is 2.26 bits per heavy atom. The number of rotatable bonds is 6. The van der Waals surface area contributed by atoms with Gasteiger partial charge in [-0.2, -0.15) is 0 Å². The van der Waals surface area contributed by atoms with Gasteiger partial charge in [-0.25, -0.2) is 0 Å². The largest absolute Gasteiger partial charge is 0.491 e. The number of nitrogens with one attached hydrogen (secondary N) is 1. The number of carbonyl (C=O) groups excluding carboxylic acids is 2. The van der Waals surface area contributed by atoms with Gasteiger partial charge in [0.15, 0.2) is 5.78 Å². The van der Waals surface area contributed by atoms with Gasteiger partial charge >= 0.3 is 0 Å². The molecule has 178 valence electrons. The third-order valence-corrected chi connectivity index (χ3v) is 6.50. The van der Waals surface area contributed by atoms with E-state index in [-0.39, 0.29) is 36.1 Å². The summed E-state index contributed by atoms with van der Waals surface area (Å²) in [7, 11) is 0. The molecule has 0 saturated heterocycles. The van der Waals surface area contributed by atoms with E-state index in [4.69, 9.17) is 9.47 Å². The highest BCUT2D eigenvalue weighted by Crippen LogP contribution is 2.43. The first kappa shape index (κ1) is 22.9. The number of amides is 1. The number of carbonyl (C=O) groups is 2. The molecule has 2 aliphatic rings. The van der Waals surface area contributed by atoms with Crippen molar-refractivity contribution in [3.05, 3.63) is 101 Å². The van der Waals surface area contributed by atoms with Crippen molar-refractivity contribution in [3.8, 4) is 17.2 Å². The van der Waals surface area contributed by atoms with Crippen LogP contribution in [0.2, 0.25) is 0 Å². The van der Waals surface area contributed by atoms with Gasteiger partial charge in [0.1, 0.15) is 17.2 Å². The van der Waals surface area contributed by atoms with E-state index in [0.29, 0.717) is 18.6 Å². The van der Waals surface area contributed by atoms with Crippen molar-refractivity contribution in [1.29, 1.82) is 0 Å². The van der Waals surface area contributed by atoms with Crippen molar-refractivity contribution in [3.63, 3.8) is 0 Å². The number of ether oxygens (including phenoxy) is 2. The van der Waals surface area contributed by atoms with Crippen LogP contribution in [-0.2, 0) is 9.59 Å². The molecule has 2 atom stereocenters. The van der Waals surface area contributed by atoms with E-state index in [1.807, 2.05) is 92.7 Å². The smallest absolute Gasteiger partial charge is 0.225 e. The summed E-state index contributed by atoms with van der Waals surface area (Å²) >= 11 is 0. The molecule has 3 aromatic carbocycles. The predicted molar refractivity (Wildman–Crippen MR) is 135 cm³/mol. The molecule has 0 fully saturated rings. The molecule has 2 unspecified atom stereocenters. The Morgan fingerprint density at radius 2 is 1.51 bits per heavy atom. The summed E-state index contributed by atoms with van der Waals surface area (Å²) in [6, 6.07) is 25.2. The van der Waals surface area contributed by atoms with Crippen molar-refractivity contribution in [2.24, 2.45) is 0 Å². The standard InChI is InChI=1S/C30H29NO4/c1-19(2)34-24-13-11-20(12-14-24)22-16-27-30(28(32)17-22)26(18-29(33)31-27)21-7-6-10-25(15-21)35-23-8-4-3-5-9-23/h3-15,19,22,26H,16-18H2,1-2H3,(H,31,33). The van der Waals surface area contributed by atoms with Crippen LogP contribution in [0.1, 0.15) is 56.1 Å². The fourth-order valence-electron chi connectivity index (χ4n) is 4.99. The molecule has 1 N–H and O–H groups in total. The van der Waals surface area contributed by atoms with Crippen LogP contribution in [-0.4, -0.2) is 17.8 Å². The van der Waals surface area contributed by atoms with E-state index in [0.717, 1.165) is 33.9 Å². The molecule has 1 amide bonds. The zero-order valence-corrected chi connectivity index (χ0v) is 20.0. The second-order valence-electron chi connectivity index (χ2n) is 9.45. The predicted octanol–water partition coefficient (Wildman–Crippen LogP) is 6.27. The Hall–Kier alpha value is -3.86. The summed E-state index contributed by atoms with van der Waals surface area (Å²) in [6.45, 7) is 3.99. The Bertz CT molecular complexity index is 1260. The molecule has 0 bridgehead atoms. The summed E-state index contributed by atoms with van der Waals surface area (Å²) in [5, 5.41) is 3.00. The van der Waals surface area contributed by atoms with E-state index in [1.54, 1.807) is 0 Å². The molecule has 5 nitrogen and oxygen atoms in total. The minimum atomic E-state index is -0.270. The maximum atomic E-state index is 13.4. The second kappa shape index (κ2) is 9.79. The number of Topliss-reactive ketones (excluding diaryl/α,β-unsaturated/α-hetero) is 1. The quantitative estimate of drug-likeness (QED) is 0.464. The van der Waals surface area contributed by atoms with Crippen molar-refractivity contribution >= 4 is 11.7 Å². The van der Waals surface area contributed by atoms with E-state index in [1.165, 1.54) is 0 Å². The Labute approximate surface area is 205 Å². The van der Waals surface area contributed by atoms with Gasteiger partial charge in [-0.15, -0.1) is 0 Å². The molecule has 0 saturated carbocycles. The summed E-state index contributed by atoms with van der Waals surface area (Å²) in [5.41, 5.74) is 3.49. The van der Waals surface area contributed by atoms with Gasteiger partial charge in [-0.3, -0.25) is 9.59 Å². The van der Waals surface area contributed by atoms with Gasteiger partial charge in [-0.1, -0.05) is 42.5 Å². The highest BCUT2D eigenvalue weighted by Gasteiger charge is 2.38. The Kier molecular flexibility index (Phi) is 6.41. The van der Waals surface area contributed by atoms with Crippen LogP contribution in [0.3, 0.4) is 0 Å². The lowest BCUT2D eigenvalue weighted by molar-refractivity contribution is -0.122. The zero-order valence-electron chi connectivity index (χ0n) is 20.0. The van der Waals surface area contributed by atoms with Crippen LogP contribution in [0.4, 0.5) is 0 Å². The SMILES string of the molecule is CC(C)Oc1ccc(C2CC(=O)C3=C(C2)NC(=O)CC3c2cccc(Oc3ccccc3)c2)cc1. The average molecular weight is 468 g/mol. The molecule has 0 aromatic heterocycles. The third kappa shape index (κ3) is 5.14. The molecule has 35 heavy (non-hydrogen) atoms. The minimum Gasteiger partial charge on any atom is -0.491 e. The normalized spacial score (nSPS) is 19.9. The minimum absolute atomic E-state index is 0.0288. The maximum Gasteiger partial charge on any atom is 0.225 e. The second-order valence-corrected chi connectivity index (χ2v) is 9.45. The van der Waals surface area contributed by atoms with Crippen molar-refractivity contribution in [1.82, 2.24) is 5.32 Å². The summed E-state index contributed by atoms with van der Waals surface area (Å²) in [5.74, 6) is 2.04. The highest BCUT2D eigenvalue weighted by atomic mass is 16.5. The molecule has 1 aliphatic heterocycles. The fourth-order valence-corrected chi connectivity index (χ4v) is 4.99. The molecule has 1 aliphatic carbocycles. The van der Waals surface area contributed by atoms with E-state index >= 15 is 0 Å². The molecular formula is C30H29NO4. The Balaban J connectivity index is 1.40. The number of benzene rings is 3. The first-order chi connectivity index (χ1) is 17.0. The first-order valence-electron chi connectivity index (χ1n) is 12.1. The molecule has 5 rings (SSSR count). The lowest BCUT2D eigenvalue weighted by atomic mass is 9.73. The zero-order chi connectivity index (χ0) is 24.4. The van der Waals surface area contributed by atoms with Crippen LogP contribution in [0.25, 0.3) is 0 Å². The topological polar surface area (TPSA) is 64.6 Å². The van der Waals surface area contributed by atoms with E-state index in [9.17, 15) is 9.59 Å². The van der Waals surface area contributed by atoms with Gasteiger partial charge in [0.25, 0.3) is 0 Å². The van der Waals surface area contributed by atoms with E-state index < -0.39 is 0 Å². The van der Waals surface area contributed by atoms with Crippen molar-refractivity contribution < 1.29 is 19.1 Å². The van der Waals surface area contributed by atoms with Crippen molar-refractivity contribution in [2.75, 3.05) is 0 Å². The molecule has 3 aromatic rings. The van der Waals surface area contributed by atoms with Crippen LogP contribution in [0, 0.1) is 0 Å². The average Bonchev–Trinajstić information content (AvgIpc) is 2.84. The van der Waals surface area contributed by atoms with E-state index in [2.05, 4.69) is 5.32 Å².